The standard InChI is InChI=1S/C16H16FN5O/c1-9-14(19-8-18-9)16(23)22-6-2-3-13(22)15-20-11-5-4-10(17)7-12(11)21-15/h4-5,7-8,13H,2-3,6H2,1H3,(H,18,19)(H,20,21)/t13-/m1/s1. The van der Waals surface area contributed by atoms with Crippen LogP contribution in [-0.2, 0) is 0 Å². The van der Waals surface area contributed by atoms with Gasteiger partial charge in [-0.1, -0.05) is 0 Å². The van der Waals surface area contributed by atoms with Gasteiger partial charge in [-0.3, -0.25) is 4.79 Å². The van der Waals surface area contributed by atoms with Gasteiger partial charge in [0.15, 0.2) is 0 Å². The highest BCUT2D eigenvalue weighted by Crippen LogP contribution is 2.32. The summed E-state index contributed by atoms with van der Waals surface area (Å²) in [4.78, 5) is 29.2. The van der Waals surface area contributed by atoms with E-state index in [1.165, 1.54) is 18.5 Å². The Hall–Kier alpha value is -2.70. The van der Waals surface area contributed by atoms with Crippen LogP contribution in [0.5, 0.6) is 0 Å². The topological polar surface area (TPSA) is 77.7 Å². The monoisotopic (exact) mass is 313 g/mol. The first kappa shape index (κ1) is 13.9. The fourth-order valence-electron chi connectivity index (χ4n) is 3.16. The number of imidazole rings is 2. The van der Waals surface area contributed by atoms with E-state index < -0.39 is 0 Å². The largest absolute Gasteiger partial charge is 0.348 e. The molecule has 0 saturated carbocycles. The van der Waals surface area contributed by atoms with Gasteiger partial charge in [-0.15, -0.1) is 0 Å². The second kappa shape index (κ2) is 5.19. The van der Waals surface area contributed by atoms with Crippen molar-refractivity contribution in [2.45, 2.75) is 25.8 Å². The van der Waals surface area contributed by atoms with Gasteiger partial charge in [0.1, 0.15) is 17.3 Å². The maximum Gasteiger partial charge on any atom is 0.274 e. The SMILES string of the molecule is Cc1[nH]cnc1C(=O)N1CCC[C@@H]1c1nc2ccc(F)cc2[nH]1. The van der Waals surface area contributed by atoms with E-state index in [0.29, 0.717) is 29.1 Å². The number of H-pyrrole nitrogens is 2. The summed E-state index contributed by atoms with van der Waals surface area (Å²) in [6.45, 7) is 2.50. The average Bonchev–Trinajstić information content (AvgIpc) is 3.23. The van der Waals surface area contributed by atoms with Crippen molar-refractivity contribution in [1.29, 1.82) is 0 Å². The summed E-state index contributed by atoms with van der Waals surface area (Å²) in [5.74, 6) is 0.293. The van der Waals surface area contributed by atoms with Gasteiger partial charge < -0.3 is 14.9 Å². The molecule has 1 amide bonds. The minimum Gasteiger partial charge on any atom is -0.348 e. The van der Waals surface area contributed by atoms with Crippen LogP contribution in [0.2, 0.25) is 0 Å². The molecule has 4 rings (SSSR count). The molecule has 0 radical (unpaired) electrons. The van der Waals surface area contributed by atoms with Gasteiger partial charge in [0.25, 0.3) is 5.91 Å². The van der Waals surface area contributed by atoms with Gasteiger partial charge in [-0.25, -0.2) is 14.4 Å². The molecule has 0 unspecified atom stereocenters. The summed E-state index contributed by atoms with van der Waals surface area (Å²) in [5, 5.41) is 0. The molecule has 0 spiro atoms. The first-order chi connectivity index (χ1) is 11.1. The molecule has 1 aliphatic heterocycles. The van der Waals surface area contributed by atoms with Gasteiger partial charge in [0.2, 0.25) is 0 Å². The van der Waals surface area contributed by atoms with Crippen molar-refractivity contribution in [3.05, 3.63) is 47.6 Å². The molecule has 0 bridgehead atoms. The van der Waals surface area contributed by atoms with Crippen molar-refractivity contribution < 1.29 is 9.18 Å². The number of amides is 1. The lowest BCUT2D eigenvalue weighted by molar-refractivity contribution is 0.0724. The zero-order valence-corrected chi connectivity index (χ0v) is 12.6. The number of aromatic nitrogens is 4. The number of benzene rings is 1. The summed E-state index contributed by atoms with van der Waals surface area (Å²) < 4.78 is 13.3. The van der Waals surface area contributed by atoms with Crippen molar-refractivity contribution >= 4 is 16.9 Å². The molecule has 2 aromatic heterocycles. The molecule has 1 atom stereocenters. The third kappa shape index (κ3) is 2.28. The van der Waals surface area contributed by atoms with Crippen molar-refractivity contribution in [1.82, 2.24) is 24.8 Å². The molecule has 23 heavy (non-hydrogen) atoms. The fraction of sp³-hybridized carbons (Fsp3) is 0.312. The second-order valence-electron chi connectivity index (χ2n) is 5.82. The Morgan fingerprint density at radius 3 is 3.09 bits per heavy atom. The number of aromatic amines is 2. The lowest BCUT2D eigenvalue weighted by atomic mass is 10.2. The van der Waals surface area contributed by atoms with Gasteiger partial charge in [-0.2, -0.15) is 0 Å². The van der Waals surface area contributed by atoms with Gasteiger partial charge >= 0.3 is 0 Å². The number of nitrogens with zero attached hydrogens (tertiary/aromatic N) is 3. The Bertz CT molecular complexity index is 884. The fourth-order valence-corrected chi connectivity index (χ4v) is 3.16. The molecule has 6 nitrogen and oxygen atoms in total. The van der Waals surface area contributed by atoms with Crippen LogP contribution < -0.4 is 0 Å². The van der Waals surface area contributed by atoms with Crippen LogP contribution >= 0.6 is 0 Å². The minimum absolute atomic E-state index is 0.0992. The van der Waals surface area contributed by atoms with Crippen LogP contribution in [0.1, 0.15) is 40.9 Å². The maximum absolute atomic E-state index is 13.3. The van der Waals surface area contributed by atoms with E-state index in [0.717, 1.165) is 18.5 Å². The molecule has 1 fully saturated rings. The highest BCUT2D eigenvalue weighted by atomic mass is 19.1. The van der Waals surface area contributed by atoms with Crippen molar-refractivity contribution in [3.8, 4) is 0 Å². The average molecular weight is 313 g/mol. The van der Waals surface area contributed by atoms with E-state index in [-0.39, 0.29) is 17.8 Å². The number of fused-ring (bicyclic) bond motifs is 1. The number of hydrogen-bond donors (Lipinski definition) is 2. The normalized spacial score (nSPS) is 18.0. The van der Waals surface area contributed by atoms with E-state index in [1.807, 2.05) is 6.92 Å². The second-order valence-corrected chi connectivity index (χ2v) is 5.82. The zero-order chi connectivity index (χ0) is 16.0. The molecule has 3 aromatic rings. The van der Waals surface area contributed by atoms with Crippen LogP contribution in [0.4, 0.5) is 4.39 Å². The summed E-state index contributed by atoms with van der Waals surface area (Å²) in [7, 11) is 0. The number of carbonyl (C=O) groups excluding carboxylic acids is 1. The van der Waals surface area contributed by atoms with Gasteiger partial charge in [-0.05, 0) is 38.0 Å². The number of rotatable bonds is 2. The molecule has 118 valence electrons. The lowest BCUT2D eigenvalue weighted by Gasteiger charge is -2.22. The predicted molar refractivity (Wildman–Crippen MR) is 82.4 cm³/mol. The summed E-state index contributed by atoms with van der Waals surface area (Å²) in [6.07, 6.45) is 3.26. The smallest absolute Gasteiger partial charge is 0.274 e. The Morgan fingerprint density at radius 1 is 1.43 bits per heavy atom. The van der Waals surface area contributed by atoms with E-state index in [2.05, 4.69) is 19.9 Å². The highest BCUT2D eigenvalue weighted by Gasteiger charge is 2.34. The molecule has 1 saturated heterocycles. The minimum atomic E-state index is -0.306. The maximum atomic E-state index is 13.3. The van der Waals surface area contributed by atoms with Crippen LogP contribution in [0.25, 0.3) is 11.0 Å². The van der Waals surface area contributed by atoms with Gasteiger partial charge in [0, 0.05) is 12.2 Å². The van der Waals surface area contributed by atoms with Crippen LogP contribution in [0, 0.1) is 12.7 Å². The van der Waals surface area contributed by atoms with Crippen LogP contribution in [0.15, 0.2) is 24.5 Å². The molecule has 1 aliphatic rings. The van der Waals surface area contributed by atoms with Crippen molar-refractivity contribution in [2.75, 3.05) is 6.54 Å². The highest BCUT2D eigenvalue weighted by molar-refractivity contribution is 5.93. The summed E-state index contributed by atoms with van der Waals surface area (Å²) in [5.41, 5.74) is 2.55. The third-order valence-corrected chi connectivity index (χ3v) is 4.32. The molecule has 0 aliphatic carbocycles. The summed E-state index contributed by atoms with van der Waals surface area (Å²) in [6, 6.07) is 4.32. The third-order valence-electron chi connectivity index (χ3n) is 4.32. The zero-order valence-electron chi connectivity index (χ0n) is 12.6. The van der Waals surface area contributed by atoms with Crippen LogP contribution in [-0.4, -0.2) is 37.3 Å². The van der Waals surface area contributed by atoms with E-state index >= 15 is 0 Å². The first-order valence-corrected chi connectivity index (χ1v) is 7.59. The predicted octanol–water partition coefficient (Wildman–Crippen LogP) is 2.71. The molecular formula is C16H16FN5O. The number of carbonyl (C=O) groups is 1. The Kier molecular flexibility index (Phi) is 3.14. The molecule has 7 heteroatoms. The number of halogens is 1. The first-order valence-electron chi connectivity index (χ1n) is 7.59. The number of nitrogens with one attached hydrogen (secondary N) is 2. The molecule has 2 N–H and O–H groups in total. The number of likely N-dealkylation sites (tertiary alicyclic amines) is 1. The van der Waals surface area contributed by atoms with Crippen LogP contribution in [0.3, 0.4) is 0 Å². The molecule has 3 heterocycles. The molecule has 1 aromatic carbocycles. The van der Waals surface area contributed by atoms with Gasteiger partial charge in [0.05, 0.1) is 23.4 Å². The molecular weight excluding hydrogens is 297 g/mol. The Labute approximate surface area is 131 Å². The number of hydrogen-bond acceptors (Lipinski definition) is 3. The van der Waals surface area contributed by atoms with Crippen molar-refractivity contribution in [3.63, 3.8) is 0 Å². The number of aryl methyl sites for hydroxylation is 1. The van der Waals surface area contributed by atoms with E-state index in [1.54, 1.807) is 11.0 Å². The van der Waals surface area contributed by atoms with Crippen molar-refractivity contribution in [2.24, 2.45) is 0 Å². The summed E-state index contributed by atoms with van der Waals surface area (Å²) >= 11 is 0. The Morgan fingerprint density at radius 2 is 2.30 bits per heavy atom. The van der Waals surface area contributed by atoms with E-state index in [9.17, 15) is 9.18 Å². The lowest BCUT2D eigenvalue weighted by Crippen LogP contribution is -2.31. The van der Waals surface area contributed by atoms with E-state index in [4.69, 9.17) is 0 Å². The quantitative estimate of drug-likeness (QED) is 0.763. The Balaban J connectivity index is 1.69.